The quantitative estimate of drug-likeness (QED) is 0.818. The van der Waals surface area contributed by atoms with Gasteiger partial charge in [0.05, 0.1) is 5.56 Å². The van der Waals surface area contributed by atoms with Crippen LogP contribution in [0.25, 0.3) is 0 Å². The number of phenolic OH excluding ortho intramolecular Hbond substituents is 1. The third-order valence-electron chi connectivity index (χ3n) is 2.18. The van der Waals surface area contributed by atoms with Crippen molar-refractivity contribution in [3.63, 3.8) is 0 Å². The second-order valence-corrected chi connectivity index (χ2v) is 3.89. The molecule has 0 heterocycles. The highest BCUT2D eigenvalue weighted by atomic mass is 35.5. The van der Waals surface area contributed by atoms with Crippen molar-refractivity contribution in [2.24, 2.45) is 0 Å². The lowest BCUT2D eigenvalue weighted by atomic mass is 10.1. The van der Waals surface area contributed by atoms with Crippen molar-refractivity contribution in [2.45, 2.75) is 0 Å². The zero-order valence-corrected chi connectivity index (χ0v) is 10.2. The van der Waals surface area contributed by atoms with Gasteiger partial charge in [0.1, 0.15) is 5.75 Å². The summed E-state index contributed by atoms with van der Waals surface area (Å²) in [6.07, 6.45) is 3.24. The maximum Gasteiger partial charge on any atom is 0.258 e. The number of nitrogens with zero attached hydrogens (tertiary/aromatic N) is 1. The largest absolute Gasteiger partial charge is 0.507 e. The molecule has 0 spiro atoms. The minimum Gasteiger partial charge on any atom is -0.507 e. The van der Waals surface area contributed by atoms with Gasteiger partial charge in [-0.1, -0.05) is 23.8 Å². The predicted octanol–water partition coefficient (Wildman–Crippen LogP) is 2.86. The van der Waals surface area contributed by atoms with Crippen molar-refractivity contribution in [1.82, 2.24) is 4.90 Å². The van der Waals surface area contributed by atoms with Crippen LogP contribution in [0.2, 0.25) is 5.02 Å². The fourth-order valence-corrected chi connectivity index (χ4v) is 1.57. The number of phenols is 1. The summed E-state index contributed by atoms with van der Waals surface area (Å²) < 4.78 is 0. The van der Waals surface area contributed by atoms with E-state index in [0.29, 0.717) is 18.1 Å². The second-order valence-electron chi connectivity index (χ2n) is 3.45. The van der Waals surface area contributed by atoms with Gasteiger partial charge < -0.3 is 10.0 Å². The maximum absolute atomic E-state index is 12.1. The molecule has 90 valence electrons. The van der Waals surface area contributed by atoms with Crippen LogP contribution in [-0.2, 0) is 0 Å². The highest BCUT2D eigenvalue weighted by Crippen LogP contribution is 2.23. The topological polar surface area (TPSA) is 40.5 Å². The van der Waals surface area contributed by atoms with Crippen LogP contribution in [0, 0.1) is 0 Å². The lowest BCUT2D eigenvalue weighted by Gasteiger charge is -2.19. The Hall–Kier alpha value is -1.74. The van der Waals surface area contributed by atoms with E-state index in [4.69, 9.17) is 11.6 Å². The average molecular weight is 252 g/mol. The third-order valence-corrected chi connectivity index (χ3v) is 2.41. The van der Waals surface area contributed by atoms with Crippen LogP contribution in [0.4, 0.5) is 0 Å². The van der Waals surface area contributed by atoms with E-state index in [9.17, 15) is 9.90 Å². The van der Waals surface area contributed by atoms with Crippen molar-refractivity contribution in [1.29, 1.82) is 0 Å². The number of halogens is 1. The van der Waals surface area contributed by atoms with Gasteiger partial charge in [0.25, 0.3) is 5.91 Å². The first kappa shape index (κ1) is 13.3. The van der Waals surface area contributed by atoms with Gasteiger partial charge in [-0.3, -0.25) is 4.79 Å². The molecule has 0 atom stereocenters. The molecule has 1 aromatic carbocycles. The lowest BCUT2D eigenvalue weighted by molar-refractivity contribution is 0.0788. The Morgan fingerprint density at radius 2 is 1.94 bits per heavy atom. The van der Waals surface area contributed by atoms with Crippen molar-refractivity contribution in [3.05, 3.63) is 54.1 Å². The molecule has 0 saturated carbocycles. The number of hydrogen-bond acceptors (Lipinski definition) is 2. The summed E-state index contributed by atoms with van der Waals surface area (Å²) in [5, 5.41) is 10.1. The Bertz CT molecular complexity index is 433. The predicted molar refractivity (Wildman–Crippen MR) is 69.4 cm³/mol. The zero-order valence-electron chi connectivity index (χ0n) is 9.40. The van der Waals surface area contributed by atoms with E-state index in [1.807, 2.05) is 0 Å². The fourth-order valence-electron chi connectivity index (χ4n) is 1.41. The van der Waals surface area contributed by atoms with Gasteiger partial charge in [0.2, 0.25) is 0 Å². The molecule has 0 aliphatic carbocycles. The Balaban J connectivity index is 2.99. The number of benzene rings is 1. The summed E-state index contributed by atoms with van der Waals surface area (Å²) in [7, 11) is 0. The lowest BCUT2D eigenvalue weighted by Crippen LogP contribution is -2.31. The standard InChI is InChI=1S/C13H14ClNO2/c1-3-7-15(8-4-2)13(17)11-6-5-10(14)9-12(11)16/h3-6,9,16H,1-2,7-8H2. The molecule has 4 heteroatoms. The van der Waals surface area contributed by atoms with Crippen molar-refractivity contribution < 1.29 is 9.90 Å². The van der Waals surface area contributed by atoms with Crippen molar-refractivity contribution in [3.8, 4) is 5.75 Å². The zero-order chi connectivity index (χ0) is 12.8. The molecule has 1 N–H and O–H groups in total. The SMILES string of the molecule is C=CCN(CC=C)C(=O)c1ccc(Cl)cc1O. The highest BCUT2D eigenvalue weighted by Gasteiger charge is 2.17. The molecule has 0 aliphatic heterocycles. The molecule has 0 saturated heterocycles. The summed E-state index contributed by atoms with van der Waals surface area (Å²) in [5.74, 6) is -0.403. The van der Waals surface area contributed by atoms with Gasteiger partial charge in [0.15, 0.2) is 0 Å². The molecule has 3 nitrogen and oxygen atoms in total. The van der Waals surface area contributed by atoms with Crippen LogP contribution < -0.4 is 0 Å². The molecule has 0 aliphatic rings. The number of carbonyl (C=O) groups is 1. The molecule has 1 aromatic rings. The monoisotopic (exact) mass is 251 g/mol. The van der Waals surface area contributed by atoms with E-state index in [2.05, 4.69) is 13.2 Å². The van der Waals surface area contributed by atoms with Crippen molar-refractivity contribution in [2.75, 3.05) is 13.1 Å². The Labute approximate surface area is 106 Å². The minimum absolute atomic E-state index is 0.124. The van der Waals surface area contributed by atoms with Crippen LogP contribution >= 0.6 is 11.6 Å². The summed E-state index contributed by atoms with van der Waals surface area (Å²) in [5.41, 5.74) is 0.220. The van der Waals surface area contributed by atoms with Gasteiger partial charge in [-0.15, -0.1) is 13.2 Å². The number of carbonyl (C=O) groups excluding carboxylic acids is 1. The third kappa shape index (κ3) is 3.36. The Morgan fingerprint density at radius 1 is 1.35 bits per heavy atom. The summed E-state index contributed by atoms with van der Waals surface area (Å²) in [6, 6.07) is 4.41. The maximum atomic E-state index is 12.1. The van der Waals surface area contributed by atoms with Crippen LogP contribution in [0.3, 0.4) is 0 Å². The van der Waals surface area contributed by atoms with Gasteiger partial charge in [-0.2, -0.15) is 0 Å². The first-order valence-electron chi connectivity index (χ1n) is 5.09. The van der Waals surface area contributed by atoms with E-state index < -0.39 is 0 Å². The number of rotatable bonds is 5. The summed E-state index contributed by atoms with van der Waals surface area (Å²) >= 11 is 5.71. The Morgan fingerprint density at radius 3 is 2.41 bits per heavy atom. The molecule has 1 amide bonds. The van der Waals surface area contributed by atoms with E-state index in [1.54, 1.807) is 18.2 Å². The van der Waals surface area contributed by atoms with Crippen LogP contribution in [0.1, 0.15) is 10.4 Å². The Kier molecular flexibility index (Phi) is 4.79. The normalized spacial score (nSPS) is 9.71. The number of aromatic hydroxyl groups is 1. The molecule has 0 unspecified atom stereocenters. The molecule has 0 fully saturated rings. The molecule has 0 bridgehead atoms. The van der Waals surface area contributed by atoms with Crippen LogP contribution in [0.5, 0.6) is 5.75 Å². The number of amides is 1. The molecular formula is C13H14ClNO2. The fraction of sp³-hybridized carbons (Fsp3) is 0.154. The summed E-state index contributed by atoms with van der Waals surface area (Å²) in [4.78, 5) is 13.6. The van der Waals surface area contributed by atoms with E-state index in [1.165, 1.54) is 17.0 Å². The highest BCUT2D eigenvalue weighted by molar-refractivity contribution is 6.30. The first-order valence-corrected chi connectivity index (χ1v) is 5.47. The molecule has 0 aromatic heterocycles. The second kappa shape index (κ2) is 6.11. The van der Waals surface area contributed by atoms with Gasteiger partial charge in [-0.05, 0) is 18.2 Å². The first-order chi connectivity index (χ1) is 8.10. The van der Waals surface area contributed by atoms with Gasteiger partial charge in [0, 0.05) is 18.1 Å². The van der Waals surface area contributed by atoms with Gasteiger partial charge in [-0.25, -0.2) is 0 Å². The molecule has 0 radical (unpaired) electrons. The molecule has 1 rings (SSSR count). The average Bonchev–Trinajstić information content (AvgIpc) is 2.28. The van der Waals surface area contributed by atoms with Crippen molar-refractivity contribution >= 4 is 17.5 Å². The van der Waals surface area contributed by atoms with Crippen LogP contribution in [-0.4, -0.2) is 29.0 Å². The van der Waals surface area contributed by atoms with E-state index >= 15 is 0 Å². The smallest absolute Gasteiger partial charge is 0.258 e. The van der Waals surface area contributed by atoms with Crippen LogP contribution in [0.15, 0.2) is 43.5 Å². The number of hydrogen-bond donors (Lipinski definition) is 1. The van der Waals surface area contributed by atoms with E-state index in [-0.39, 0.29) is 17.2 Å². The molecule has 17 heavy (non-hydrogen) atoms. The van der Waals surface area contributed by atoms with E-state index in [0.717, 1.165) is 0 Å². The molecular weight excluding hydrogens is 238 g/mol. The van der Waals surface area contributed by atoms with Gasteiger partial charge >= 0.3 is 0 Å². The minimum atomic E-state index is -0.279. The summed E-state index contributed by atoms with van der Waals surface area (Å²) in [6.45, 7) is 7.96.